The molecule has 3 heterocycles. The van der Waals surface area contributed by atoms with Gasteiger partial charge in [0.25, 0.3) is 5.89 Å². The van der Waals surface area contributed by atoms with Crippen molar-refractivity contribution in [3.8, 4) is 11.6 Å². The lowest BCUT2D eigenvalue weighted by Gasteiger charge is -2.39. The molecular weight excluding hydrogens is 290 g/mol. The van der Waals surface area contributed by atoms with E-state index in [1.807, 2.05) is 35.3 Å². The molecule has 0 radical (unpaired) electrons. The van der Waals surface area contributed by atoms with Crippen molar-refractivity contribution in [2.45, 2.75) is 44.6 Å². The predicted molar refractivity (Wildman–Crippen MR) is 84.8 cm³/mol. The van der Waals surface area contributed by atoms with Gasteiger partial charge >= 0.3 is 0 Å². The largest absolute Gasteiger partial charge is 0.332 e. The summed E-state index contributed by atoms with van der Waals surface area (Å²) < 4.78 is 7.47. The molecule has 0 unspecified atom stereocenters. The van der Waals surface area contributed by atoms with Crippen molar-refractivity contribution in [2.75, 3.05) is 0 Å². The number of nitrogens with zero attached hydrogens (tertiary/aromatic N) is 5. The predicted octanol–water partition coefficient (Wildman–Crippen LogP) is 3.38. The summed E-state index contributed by atoms with van der Waals surface area (Å²) in [5, 5.41) is 8.63. The van der Waals surface area contributed by atoms with Crippen LogP contribution in [0.15, 0.2) is 41.3 Å². The first-order valence-corrected chi connectivity index (χ1v) is 7.99. The van der Waals surface area contributed by atoms with Gasteiger partial charge in [-0.15, -0.1) is 0 Å². The van der Waals surface area contributed by atoms with Gasteiger partial charge in [-0.1, -0.05) is 11.6 Å². The van der Waals surface area contributed by atoms with Crippen LogP contribution in [0.5, 0.6) is 0 Å². The van der Waals surface area contributed by atoms with Gasteiger partial charge in [-0.25, -0.2) is 0 Å². The molecule has 118 valence electrons. The minimum absolute atomic E-state index is 0.132. The molecule has 1 aliphatic rings. The molecule has 1 saturated carbocycles. The number of rotatable bonds is 4. The summed E-state index contributed by atoms with van der Waals surface area (Å²) in [7, 11) is 0. The van der Waals surface area contributed by atoms with E-state index in [-0.39, 0.29) is 11.5 Å². The van der Waals surface area contributed by atoms with E-state index in [9.17, 15) is 0 Å². The van der Waals surface area contributed by atoms with Crippen molar-refractivity contribution in [3.05, 3.63) is 48.2 Å². The van der Waals surface area contributed by atoms with Crippen molar-refractivity contribution in [3.63, 3.8) is 0 Å². The molecule has 6 heteroatoms. The van der Waals surface area contributed by atoms with E-state index in [4.69, 9.17) is 9.51 Å². The second kappa shape index (κ2) is 5.30. The molecule has 0 aromatic carbocycles. The van der Waals surface area contributed by atoms with Gasteiger partial charge < -0.3 is 4.52 Å². The standard InChI is InChI=1S/C17H19N5O/c1-12(2)22-14(6-11-19-22)15-20-16(21-23-15)17(7-3-8-17)13-4-9-18-10-5-13/h4-6,9-12H,3,7-8H2,1-2H3. The number of hydrogen-bond acceptors (Lipinski definition) is 5. The van der Waals surface area contributed by atoms with Crippen molar-refractivity contribution in [2.24, 2.45) is 0 Å². The third-order valence-electron chi connectivity index (χ3n) is 4.67. The van der Waals surface area contributed by atoms with Crippen molar-refractivity contribution >= 4 is 0 Å². The molecule has 4 rings (SSSR count). The molecule has 1 aliphatic carbocycles. The Balaban J connectivity index is 1.74. The van der Waals surface area contributed by atoms with Crippen LogP contribution < -0.4 is 0 Å². The molecule has 23 heavy (non-hydrogen) atoms. The molecular formula is C17H19N5O. The van der Waals surface area contributed by atoms with Crippen LogP contribution in [0.25, 0.3) is 11.6 Å². The fourth-order valence-electron chi connectivity index (χ4n) is 3.26. The van der Waals surface area contributed by atoms with Gasteiger partial charge in [0, 0.05) is 24.6 Å². The van der Waals surface area contributed by atoms with Gasteiger partial charge in [0.2, 0.25) is 0 Å². The zero-order valence-corrected chi connectivity index (χ0v) is 13.3. The summed E-state index contributed by atoms with van der Waals surface area (Å²) in [5.74, 6) is 1.30. The molecule has 0 amide bonds. The van der Waals surface area contributed by atoms with Gasteiger partial charge in [-0.2, -0.15) is 10.1 Å². The van der Waals surface area contributed by atoms with Crippen molar-refractivity contribution in [1.29, 1.82) is 0 Å². The second-order valence-corrected chi connectivity index (χ2v) is 6.35. The van der Waals surface area contributed by atoms with E-state index in [2.05, 4.69) is 29.1 Å². The zero-order chi connectivity index (χ0) is 15.9. The summed E-state index contributed by atoms with van der Waals surface area (Å²) in [4.78, 5) is 8.82. The van der Waals surface area contributed by atoms with Crippen LogP contribution >= 0.6 is 0 Å². The Labute approximate surface area is 134 Å². The van der Waals surface area contributed by atoms with E-state index in [0.29, 0.717) is 5.89 Å². The van der Waals surface area contributed by atoms with Crippen LogP contribution in [0.4, 0.5) is 0 Å². The Morgan fingerprint density at radius 2 is 1.91 bits per heavy atom. The summed E-state index contributed by atoms with van der Waals surface area (Å²) in [6, 6.07) is 6.26. The number of hydrogen-bond donors (Lipinski definition) is 0. The molecule has 0 atom stereocenters. The van der Waals surface area contributed by atoms with Crippen LogP contribution in [-0.2, 0) is 5.41 Å². The molecule has 0 saturated heterocycles. The first-order valence-electron chi connectivity index (χ1n) is 7.99. The SMILES string of the molecule is CC(C)n1nccc1-c1nc(C2(c3ccncc3)CCC2)no1. The summed E-state index contributed by atoms with van der Waals surface area (Å²) in [6.07, 6.45) is 8.67. The Kier molecular flexibility index (Phi) is 3.25. The maximum atomic E-state index is 5.57. The monoisotopic (exact) mass is 309 g/mol. The van der Waals surface area contributed by atoms with E-state index < -0.39 is 0 Å². The van der Waals surface area contributed by atoms with Gasteiger partial charge in [0.1, 0.15) is 5.69 Å². The van der Waals surface area contributed by atoms with Crippen molar-refractivity contribution < 1.29 is 4.52 Å². The highest BCUT2D eigenvalue weighted by atomic mass is 16.5. The first-order chi connectivity index (χ1) is 11.2. The third-order valence-corrected chi connectivity index (χ3v) is 4.67. The topological polar surface area (TPSA) is 69.6 Å². The van der Waals surface area contributed by atoms with E-state index in [1.54, 1.807) is 6.20 Å². The van der Waals surface area contributed by atoms with Crippen LogP contribution in [0.3, 0.4) is 0 Å². The average Bonchev–Trinajstić information content (AvgIpc) is 3.16. The van der Waals surface area contributed by atoms with Gasteiger partial charge in [0.15, 0.2) is 5.82 Å². The zero-order valence-electron chi connectivity index (χ0n) is 13.3. The fraction of sp³-hybridized carbons (Fsp3) is 0.412. The average molecular weight is 309 g/mol. The molecule has 0 N–H and O–H groups in total. The highest BCUT2D eigenvalue weighted by molar-refractivity contribution is 5.47. The summed E-state index contributed by atoms with van der Waals surface area (Å²) in [5.41, 5.74) is 1.94. The van der Waals surface area contributed by atoms with Gasteiger partial charge in [0.05, 0.1) is 5.41 Å². The Morgan fingerprint density at radius 1 is 1.13 bits per heavy atom. The van der Waals surface area contributed by atoms with Crippen molar-refractivity contribution in [1.82, 2.24) is 24.9 Å². The maximum Gasteiger partial charge on any atom is 0.276 e. The normalized spacial score (nSPS) is 16.5. The minimum atomic E-state index is -0.132. The third kappa shape index (κ3) is 2.17. The lowest BCUT2D eigenvalue weighted by molar-refractivity contribution is 0.272. The molecule has 0 bridgehead atoms. The lowest BCUT2D eigenvalue weighted by Crippen LogP contribution is -2.36. The smallest absolute Gasteiger partial charge is 0.276 e. The Morgan fingerprint density at radius 3 is 2.57 bits per heavy atom. The van der Waals surface area contributed by atoms with Crippen LogP contribution in [0, 0.1) is 0 Å². The van der Waals surface area contributed by atoms with E-state index >= 15 is 0 Å². The summed E-state index contributed by atoms with van der Waals surface area (Å²) >= 11 is 0. The van der Waals surface area contributed by atoms with Crippen LogP contribution in [0.1, 0.15) is 50.5 Å². The minimum Gasteiger partial charge on any atom is -0.332 e. The van der Waals surface area contributed by atoms with E-state index in [0.717, 1.165) is 24.4 Å². The first kappa shape index (κ1) is 14.1. The second-order valence-electron chi connectivity index (χ2n) is 6.35. The molecule has 0 aliphatic heterocycles. The van der Waals surface area contributed by atoms with Gasteiger partial charge in [-0.05, 0) is 50.5 Å². The fourth-order valence-corrected chi connectivity index (χ4v) is 3.26. The molecule has 1 fully saturated rings. The molecule has 0 spiro atoms. The highest BCUT2D eigenvalue weighted by Crippen LogP contribution is 2.47. The number of aromatic nitrogens is 5. The highest BCUT2D eigenvalue weighted by Gasteiger charge is 2.44. The number of pyridine rings is 1. The van der Waals surface area contributed by atoms with E-state index in [1.165, 1.54) is 12.0 Å². The molecule has 6 nitrogen and oxygen atoms in total. The maximum absolute atomic E-state index is 5.57. The lowest BCUT2D eigenvalue weighted by atomic mass is 9.64. The van der Waals surface area contributed by atoms with Crippen LogP contribution in [-0.4, -0.2) is 24.9 Å². The van der Waals surface area contributed by atoms with Gasteiger partial charge in [-0.3, -0.25) is 9.67 Å². The van der Waals surface area contributed by atoms with Crippen LogP contribution in [0.2, 0.25) is 0 Å². The molecule has 3 aromatic rings. The Hall–Kier alpha value is -2.50. The summed E-state index contributed by atoms with van der Waals surface area (Å²) in [6.45, 7) is 4.16. The quantitative estimate of drug-likeness (QED) is 0.739. The molecule has 3 aromatic heterocycles. The Bertz CT molecular complexity index is 801.